The largest absolute Gasteiger partial charge is 0.147 e. The van der Waals surface area contributed by atoms with Gasteiger partial charge in [-0.15, -0.1) is 12.4 Å². The van der Waals surface area contributed by atoms with E-state index in [1.54, 1.807) is 0 Å². The van der Waals surface area contributed by atoms with Crippen LogP contribution in [0.3, 0.4) is 0 Å². The molecule has 0 heterocycles. The SMILES string of the molecule is Cl.c1ccc(-c2ccccc2CCCCC2CCCCC2)cc1. The average molecular weight is 329 g/mol. The summed E-state index contributed by atoms with van der Waals surface area (Å²) in [6.07, 6.45) is 12.8. The number of rotatable bonds is 6. The highest BCUT2D eigenvalue weighted by Gasteiger charge is 2.12. The minimum atomic E-state index is 0. The van der Waals surface area contributed by atoms with E-state index in [0.29, 0.717) is 0 Å². The van der Waals surface area contributed by atoms with E-state index in [0.717, 1.165) is 5.92 Å². The van der Waals surface area contributed by atoms with Crippen molar-refractivity contribution < 1.29 is 0 Å². The molecule has 0 nitrogen and oxygen atoms in total. The van der Waals surface area contributed by atoms with Crippen LogP contribution < -0.4 is 0 Å². The van der Waals surface area contributed by atoms with Crippen molar-refractivity contribution in [2.45, 2.75) is 57.8 Å². The Balaban J connectivity index is 0.00000192. The van der Waals surface area contributed by atoms with Crippen LogP contribution in [0.1, 0.15) is 56.9 Å². The van der Waals surface area contributed by atoms with Gasteiger partial charge in [0, 0.05) is 0 Å². The number of aryl methyl sites for hydroxylation is 1. The molecule has 1 fully saturated rings. The predicted molar refractivity (Wildman–Crippen MR) is 103 cm³/mol. The summed E-state index contributed by atoms with van der Waals surface area (Å²) in [6, 6.07) is 19.7. The molecule has 0 amide bonds. The lowest BCUT2D eigenvalue weighted by Gasteiger charge is -2.21. The van der Waals surface area contributed by atoms with Crippen molar-refractivity contribution in [1.29, 1.82) is 0 Å². The maximum atomic E-state index is 2.31. The van der Waals surface area contributed by atoms with Crippen molar-refractivity contribution >= 4 is 12.4 Å². The summed E-state index contributed by atoms with van der Waals surface area (Å²) in [4.78, 5) is 0. The fourth-order valence-electron chi connectivity index (χ4n) is 3.86. The normalized spacial score (nSPS) is 15.1. The molecule has 0 bridgehead atoms. The topological polar surface area (TPSA) is 0 Å². The number of halogens is 1. The van der Waals surface area contributed by atoms with Crippen molar-refractivity contribution in [2.24, 2.45) is 5.92 Å². The molecule has 0 aliphatic heterocycles. The first-order valence-electron chi connectivity index (χ1n) is 9.07. The standard InChI is InChI=1S/C22H28.ClH/c1-3-11-19(12-4-1)13-7-8-16-21-17-9-10-18-22(21)20-14-5-2-6-15-20;/h2,5-6,9-10,14-15,17-19H,1,3-4,7-8,11-13,16H2;1H. The Morgan fingerprint density at radius 1 is 0.739 bits per heavy atom. The summed E-state index contributed by atoms with van der Waals surface area (Å²) < 4.78 is 0. The Morgan fingerprint density at radius 3 is 2.22 bits per heavy atom. The first-order valence-corrected chi connectivity index (χ1v) is 9.07. The van der Waals surface area contributed by atoms with Crippen LogP contribution in [0.15, 0.2) is 54.6 Å². The molecule has 0 radical (unpaired) electrons. The lowest BCUT2D eigenvalue weighted by molar-refractivity contribution is 0.330. The van der Waals surface area contributed by atoms with Gasteiger partial charge in [0.25, 0.3) is 0 Å². The second-order valence-corrected chi connectivity index (χ2v) is 6.77. The zero-order valence-electron chi connectivity index (χ0n) is 14.0. The first-order chi connectivity index (χ1) is 10.9. The van der Waals surface area contributed by atoms with Gasteiger partial charge in [-0.1, -0.05) is 99.5 Å². The first kappa shape index (κ1) is 18.1. The Hall–Kier alpha value is -1.27. The van der Waals surface area contributed by atoms with Crippen LogP contribution in [0.4, 0.5) is 0 Å². The van der Waals surface area contributed by atoms with Crippen LogP contribution in [0.25, 0.3) is 11.1 Å². The maximum absolute atomic E-state index is 2.31. The van der Waals surface area contributed by atoms with Gasteiger partial charge in [-0.25, -0.2) is 0 Å². The monoisotopic (exact) mass is 328 g/mol. The van der Waals surface area contributed by atoms with Gasteiger partial charge in [0.15, 0.2) is 0 Å². The maximum Gasteiger partial charge on any atom is -0.0152 e. The molecule has 0 aromatic heterocycles. The number of benzene rings is 2. The van der Waals surface area contributed by atoms with E-state index in [1.165, 1.54) is 74.5 Å². The Labute approximate surface area is 147 Å². The molecule has 1 aliphatic rings. The third-order valence-electron chi connectivity index (χ3n) is 5.14. The predicted octanol–water partition coefficient (Wildman–Crippen LogP) is 7.07. The molecule has 23 heavy (non-hydrogen) atoms. The van der Waals surface area contributed by atoms with Gasteiger partial charge < -0.3 is 0 Å². The van der Waals surface area contributed by atoms with E-state index in [1.807, 2.05) is 0 Å². The van der Waals surface area contributed by atoms with Crippen LogP contribution in [-0.2, 0) is 6.42 Å². The van der Waals surface area contributed by atoms with Gasteiger partial charge in [0.05, 0.1) is 0 Å². The van der Waals surface area contributed by atoms with E-state index < -0.39 is 0 Å². The van der Waals surface area contributed by atoms with Gasteiger partial charge >= 0.3 is 0 Å². The number of unbranched alkanes of at least 4 members (excludes halogenated alkanes) is 1. The van der Waals surface area contributed by atoms with Crippen LogP contribution in [0.2, 0.25) is 0 Å². The van der Waals surface area contributed by atoms with E-state index in [4.69, 9.17) is 0 Å². The second-order valence-electron chi connectivity index (χ2n) is 6.77. The summed E-state index contributed by atoms with van der Waals surface area (Å²) >= 11 is 0. The summed E-state index contributed by atoms with van der Waals surface area (Å²) in [5, 5.41) is 0. The molecule has 2 aromatic carbocycles. The molecule has 0 atom stereocenters. The quantitative estimate of drug-likeness (QED) is 0.497. The molecular weight excluding hydrogens is 300 g/mol. The average Bonchev–Trinajstić information content (AvgIpc) is 2.61. The van der Waals surface area contributed by atoms with Gasteiger partial charge in [-0.3, -0.25) is 0 Å². The fourth-order valence-corrected chi connectivity index (χ4v) is 3.86. The van der Waals surface area contributed by atoms with Crippen LogP contribution in [-0.4, -0.2) is 0 Å². The van der Waals surface area contributed by atoms with Crippen molar-refractivity contribution in [2.75, 3.05) is 0 Å². The summed E-state index contributed by atoms with van der Waals surface area (Å²) in [7, 11) is 0. The molecule has 124 valence electrons. The van der Waals surface area contributed by atoms with Gasteiger partial charge in [-0.2, -0.15) is 0 Å². The molecule has 1 aliphatic carbocycles. The van der Waals surface area contributed by atoms with Gasteiger partial charge in [0.1, 0.15) is 0 Å². The van der Waals surface area contributed by atoms with E-state index in [2.05, 4.69) is 54.6 Å². The Bertz CT molecular complexity index is 555. The smallest absolute Gasteiger partial charge is 0.0152 e. The lowest BCUT2D eigenvalue weighted by atomic mass is 9.85. The second kappa shape index (κ2) is 9.78. The Kier molecular flexibility index (Phi) is 7.68. The van der Waals surface area contributed by atoms with Crippen molar-refractivity contribution in [3.63, 3.8) is 0 Å². The summed E-state index contributed by atoms with van der Waals surface area (Å²) in [5.41, 5.74) is 4.28. The lowest BCUT2D eigenvalue weighted by Crippen LogP contribution is -2.06. The number of hydrogen-bond acceptors (Lipinski definition) is 0. The highest BCUT2D eigenvalue weighted by atomic mass is 35.5. The zero-order chi connectivity index (χ0) is 15.0. The molecular formula is C22H29Cl. The summed E-state index contributed by atoms with van der Waals surface area (Å²) in [5.74, 6) is 1.03. The number of hydrogen-bond donors (Lipinski definition) is 0. The summed E-state index contributed by atoms with van der Waals surface area (Å²) in [6.45, 7) is 0. The molecule has 0 spiro atoms. The third-order valence-corrected chi connectivity index (χ3v) is 5.14. The van der Waals surface area contributed by atoms with Crippen molar-refractivity contribution in [1.82, 2.24) is 0 Å². The van der Waals surface area contributed by atoms with Crippen LogP contribution in [0.5, 0.6) is 0 Å². The molecule has 0 N–H and O–H groups in total. The van der Waals surface area contributed by atoms with Gasteiger partial charge in [0.2, 0.25) is 0 Å². The van der Waals surface area contributed by atoms with E-state index in [-0.39, 0.29) is 12.4 Å². The van der Waals surface area contributed by atoms with Crippen LogP contribution in [0, 0.1) is 5.92 Å². The fraction of sp³-hybridized carbons (Fsp3) is 0.455. The molecule has 1 saturated carbocycles. The van der Waals surface area contributed by atoms with E-state index >= 15 is 0 Å². The molecule has 0 unspecified atom stereocenters. The van der Waals surface area contributed by atoms with Crippen molar-refractivity contribution in [3.8, 4) is 11.1 Å². The van der Waals surface area contributed by atoms with Crippen LogP contribution >= 0.6 is 12.4 Å². The highest BCUT2D eigenvalue weighted by molar-refractivity contribution is 5.85. The van der Waals surface area contributed by atoms with Crippen molar-refractivity contribution in [3.05, 3.63) is 60.2 Å². The zero-order valence-corrected chi connectivity index (χ0v) is 14.9. The molecule has 3 rings (SSSR count). The van der Waals surface area contributed by atoms with Gasteiger partial charge in [-0.05, 0) is 35.4 Å². The molecule has 0 saturated heterocycles. The molecule has 2 aromatic rings. The van der Waals surface area contributed by atoms with E-state index in [9.17, 15) is 0 Å². The molecule has 1 heteroatoms. The minimum absolute atomic E-state index is 0. The minimum Gasteiger partial charge on any atom is -0.147 e. The Morgan fingerprint density at radius 2 is 1.43 bits per heavy atom. The highest BCUT2D eigenvalue weighted by Crippen LogP contribution is 2.29. The third kappa shape index (κ3) is 5.39.